The summed E-state index contributed by atoms with van der Waals surface area (Å²) in [6.07, 6.45) is 11.0. The van der Waals surface area contributed by atoms with Gasteiger partial charge in [0.05, 0.1) is 0 Å². The molecule has 1 amide bonds. The molecule has 1 saturated carbocycles. The lowest BCUT2D eigenvalue weighted by Gasteiger charge is -2.28. The Bertz CT molecular complexity index is 464. The van der Waals surface area contributed by atoms with E-state index in [4.69, 9.17) is 0 Å². The van der Waals surface area contributed by atoms with Gasteiger partial charge in [-0.25, -0.2) is 0 Å². The largest absolute Gasteiger partial charge is 0.342 e. The fourth-order valence-corrected chi connectivity index (χ4v) is 4.13. The third-order valence-electron chi connectivity index (χ3n) is 5.48. The molecule has 1 aliphatic carbocycles. The van der Waals surface area contributed by atoms with E-state index in [1.807, 2.05) is 0 Å². The van der Waals surface area contributed by atoms with Gasteiger partial charge < -0.3 is 4.90 Å². The fraction of sp³-hybridized carbons (Fsp3) is 0.650. The first kappa shape index (κ1) is 15.6. The smallest absolute Gasteiger partial charge is 0.222 e. The summed E-state index contributed by atoms with van der Waals surface area (Å²) < 4.78 is 0. The molecule has 1 atom stereocenters. The summed E-state index contributed by atoms with van der Waals surface area (Å²) in [6.45, 7) is 1.89. The van der Waals surface area contributed by atoms with Crippen molar-refractivity contribution in [2.45, 2.75) is 63.7 Å². The van der Waals surface area contributed by atoms with Crippen LogP contribution < -0.4 is 0 Å². The normalized spacial score (nSPS) is 24.0. The van der Waals surface area contributed by atoms with Gasteiger partial charge in [-0.05, 0) is 37.2 Å². The van der Waals surface area contributed by atoms with Crippen LogP contribution in [0.1, 0.15) is 69.3 Å². The lowest BCUT2D eigenvalue weighted by atomic mass is 9.86. The first-order valence-electron chi connectivity index (χ1n) is 9.15. The maximum Gasteiger partial charge on any atom is 0.222 e. The number of hydrogen-bond donors (Lipinski definition) is 0. The quantitative estimate of drug-likeness (QED) is 0.788. The lowest BCUT2D eigenvalue weighted by molar-refractivity contribution is -0.132. The minimum absolute atomic E-state index is 0.412. The molecule has 1 heterocycles. The van der Waals surface area contributed by atoms with Crippen LogP contribution in [0, 0.1) is 5.92 Å². The third kappa shape index (κ3) is 4.12. The second kappa shape index (κ2) is 7.80. The number of nitrogens with zero attached hydrogens (tertiary/aromatic N) is 1. The summed E-state index contributed by atoms with van der Waals surface area (Å²) in [5, 5.41) is 0. The van der Waals surface area contributed by atoms with Gasteiger partial charge in [0.15, 0.2) is 0 Å². The van der Waals surface area contributed by atoms with Crippen molar-refractivity contribution < 1.29 is 4.79 Å². The van der Waals surface area contributed by atoms with E-state index < -0.39 is 0 Å². The summed E-state index contributed by atoms with van der Waals surface area (Å²) in [4.78, 5) is 14.9. The summed E-state index contributed by atoms with van der Waals surface area (Å²) in [5.74, 6) is 1.59. The monoisotopic (exact) mass is 299 g/mol. The first-order chi connectivity index (χ1) is 10.8. The number of carbonyl (C=O) groups excluding carboxylic acids is 1. The Labute approximate surface area is 134 Å². The van der Waals surface area contributed by atoms with Gasteiger partial charge in [0.25, 0.3) is 0 Å². The average Bonchev–Trinajstić information content (AvgIpc) is 2.83. The number of amides is 1. The van der Waals surface area contributed by atoms with Gasteiger partial charge in [0, 0.05) is 25.4 Å². The second-order valence-corrected chi connectivity index (χ2v) is 7.15. The van der Waals surface area contributed by atoms with Crippen molar-refractivity contribution in [1.29, 1.82) is 0 Å². The molecule has 22 heavy (non-hydrogen) atoms. The third-order valence-corrected chi connectivity index (χ3v) is 5.48. The maximum absolute atomic E-state index is 12.7. The highest BCUT2D eigenvalue weighted by molar-refractivity contribution is 5.76. The highest BCUT2D eigenvalue weighted by Gasteiger charge is 2.25. The van der Waals surface area contributed by atoms with Crippen LogP contribution >= 0.6 is 0 Å². The molecular weight excluding hydrogens is 270 g/mol. The molecule has 2 nitrogen and oxygen atoms in total. The van der Waals surface area contributed by atoms with Crippen LogP contribution in [-0.2, 0) is 4.79 Å². The zero-order valence-electron chi connectivity index (χ0n) is 13.7. The zero-order chi connectivity index (χ0) is 15.2. The van der Waals surface area contributed by atoms with Crippen LogP contribution in [0.5, 0.6) is 0 Å². The van der Waals surface area contributed by atoms with Crippen LogP contribution in [-0.4, -0.2) is 23.9 Å². The van der Waals surface area contributed by atoms with E-state index in [-0.39, 0.29) is 0 Å². The Kier molecular flexibility index (Phi) is 5.53. The molecule has 1 saturated heterocycles. The van der Waals surface area contributed by atoms with Crippen molar-refractivity contribution >= 4 is 5.91 Å². The van der Waals surface area contributed by atoms with Crippen LogP contribution in [0.2, 0.25) is 0 Å². The van der Waals surface area contributed by atoms with Gasteiger partial charge in [-0.2, -0.15) is 0 Å². The van der Waals surface area contributed by atoms with E-state index in [1.165, 1.54) is 56.9 Å². The summed E-state index contributed by atoms with van der Waals surface area (Å²) in [5.41, 5.74) is 1.40. The van der Waals surface area contributed by atoms with Crippen LogP contribution in [0.15, 0.2) is 30.3 Å². The predicted molar refractivity (Wildman–Crippen MR) is 90.8 cm³/mol. The molecule has 1 unspecified atom stereocenters. The Morgan fingerprint density at radius 3 is 2.45 bits per heavy atom. The Balaban J connectivity index is 1.60. The molecule has 1 aromatic carbocycles. The van der Waals surface area contributed by atoms with Crippen molar-refractivity contribution in [3.8, 4) is 0 Å². The number of rotatable bonds is 3. The van der Waals surface area contributed by atoms with Crippen LogP contribution in [0.3, 0.4) is 0 Å². The Morgan fingerprint density at radius 1 is 0.955 bits per heavy atom. The van der Waals surface area contributed by atoms with Crippen molar-refractivity contribution in [3.63, 3.8) is 0 Å². The van der Waals surface area contributed by atoms with E-state index in [9.17, 15) is 4.79 Å². The van der Waals surface area contributed by atoms with E-state index in [0.717, 1.165) is 19.5 Å². The number of hydrogen-bond acceptors (Lipinski definition) is 1. The molecule has 0 N–H and O–H groups in total. The van der Waals surface area contributed by atoms with Crippen molar-refractivity contribution in [2.75, 3.05) is 13.1 Å². The Hall–Kier alpha value is -1.31. The molecule has 0 bridgehead atoms. The summed E-state index contributed by atoms with van der Waals surface area (Å²) >= 11 is 0. The van der Waals surface area contributed by atoms with Crippen molar-refractivity contribution in [2.24, 2.45) is 5.92 Å². The summed E-state index contributed by atoms with van der Waals surface area (Å²) in [7, 11) is 0. The second-order valence-electron chi connectivity index (χ2n) is 7.15. The zero-order valence-corrected chi connectivity index (χ0v) is 13.7. The van der Waals surface area contributed by atoms with Gasteiger partial charge in [-0.3, -0.25) is 4.79 Å². The maximum atomic E-state index is 12.7. The molecule has 3 rings (SSSR count). The SMILES string of the molecule is O=C(CC1CCCCC1)N1CCCCC(c2ccccc2)C1. The molecule has 2 fully saturated rings. The highest BCUT2D eigenvalue weighted by Crippen LogP contribution is 2.30. The Morgan fingerprint density at radius 2 is 1.68 bits per heavy atom. The fourth-order valence-electron chi connectivity index (χ4n) is 4.13. The average molecular weight is 299 g/mol. The topological polar surface area (TPSA) is 20.3 Å². The molecule has 1 aromatic rings. The molecule has 2 heteroatoms. The molecule has 0 radical (unpaired) electrons. The number of benzene rings is 1. The molecular formula is C20H29NO. The number of likely N-dealkylation sites (tertiary alicyclic amines) is 1. The lowest BCUT2D eigenvalue weighted by Crippen LogP contribution is -2.35. The van der Waals surface area contributed by atoms with E-state index in [0.29, 0.717) is 17.7 Å². The van der Waals surface area contributed by atoms with E-state index in [1.54, 1.807) is 0 Å². The van der Waals surface area contributed by atoms with E-state index in [2.05, 4.69) is 35.2 Å². The first-order valence-corrected chi connectivity index (χ1v) is 9.15. The van der Waals surface area contributed by atoms with Crippen molar-refractivity contribution in [1.82, 2.24) is 4.90 Å². The van der Waals surface area contributed by atoms with Gasteiger partial charge in [-0.15, -0.1) is 0 Å². The molecule has 2 aliphatic rings. The molecule has 0 spiro atoms. The van der Waals surface area contributed by atoms with Crippen LogP contribution in [0.4, 0.5) is 0 Å². The van der Waals surface area contributed by atoms with Gasteiger partial charge in [-0.1, -0.05) is 56.0 Å². The van der Waals surface area contributed by atoms with Gasteiger partial charge in [0.1, 0.15) is 0 Å². The predicted octanol–water partition coefficient (Wildman–Crippen LogP) is 4.75. The standard InChI is InChI=1S/C20H29NO/c22-20(15-17-9-3-1-4-10-17)21-14-8-7-13-19(16-21)18-11-5-2-6-12-18/h2,5-6,11-12,17,19H,1,3-4,7-10,13-16H2. The highest BCUT2D eigenvalue weighted by atomic mass is 16.2. The van der Waals surface area contributed by atoms with Gasteiger partial charge >= 0.3 is 0 Å². The minimum Gasteiger partial charge on any atom is -0.342 e. The van der Waals surface area contributed by atoms with Gasteiger partial charge in [0.2, 0.25) is 5.91 Å². The van der Waals surface area contributed by atoms with Crippen LogP contribution in [0.25, 0.3) is 0 Å². The molecule has 120 valence electrons. The van der Waals surface area contributed by atoms with E-state index >= 15 is 0 Å². The number of carbonyl (C=O) groups is 1. The minimum atomic E-state index is 0.412. The van der Waals surface area contributed by atoms with Crippen molar-refractivity contribution in [3.05, 3.63) is 35.9 Å². The summed E-state index contributed by atoms with van der Waals surface area (Å²) in [6, 6.07) is 10.8. The molecule has 0 aromatic heterocycles. The molecule has 1 aliphatic heterocycles.